The summed E-state index contributed by atoms with van der Waals surface area (Å²) in [6.45, 7) is 2.16. The van der Waals surface area contributed by atoms with Crippen LogP contribution in [0.3, 0.4) is 0 Å². The van der Waals surface area contributed by atoms with Gasteiger partial charge in [-0.05, 0) is 32.4 Å². The topological polar surface area (TPSA) is 55.6 Å². The molecule has 2 N–H and O–H groups in total. The summed E-state index contributed by atoms with van der Waals surface area (Å²) >= 11 is 0. The van der Waals surface area contributed by atoms with Gasteiger partial charge in [0.05, 0.1) is 13.0 Å². The lowest BCUT2D eigenvalue weighted by Crippen LogP contribution is -2.54. The van der Waals surface area contributed by atoms with Gasteiger partial charge in [0.2, 0.25) is 0 Å². The van der Waals surface area contributed by atoms with Gasteiger partial charge in [-0.25, -0.2) is 0 Å². The van der Waals surface area contributed by atoms with Crippen LogP contribution >= 0.6 is 0 Å². The average Bonchev–Trinajstić information content (AvgIpc) is 2.64. The van der Waals surface area contributed by atoms with Crippen LogP contribution in [0.1, 0.15) is 19.3 Å². The smallest absolute Gasteiger partial charge is 0.311 e. The predicted molar refractivity (Wildman–Crippen MR) is 52.7 cm³/mol. The number of ether oxygens (including phenoxy) is 1. The summed E-state index contributed by atoms with van der Waals surface area (Å²) in [6.07, 6.45) is 3.19. The van der Waals surface area contributed by atoms with Crippen molar-refractivity contribution in [3.05, 3.63) is 0 Å². The van der Waals surface area contributed by atoms with Crippen molar-refractivity contribution >= 4 is 5.97 Å². The molecule has 2 saturated heterocycles. The Labute approximate surface area is 84.4 Å². The summed E-state index contributed by atoms with van der Waals surface area (Å²) in [4.78, 5) is 14.0. The molecule has 0 aliphatic carbocycles. The van der Waals surface area contributed by atoms with E-state index in [-0.39, 0.29) is 17.9 Å². The molecule has 2 rings (SSSR count). The molecule has 0 radical (unpaired) electrons. The van der Waals surface area contributed by atoms with E-state index in [1.54, 1.807) is 0 Å². The number of hydrogen-bond donors (Lipinski definition) is 1. The summed E-state index contributed by atoms with van der Waals surface area (Å²) in [7, 11) is 1.45. The van der Waals surface area contributed by atoms with Crippen molar-refractivity contribution in [3.8, 4) is 0 Å². The zero-order valence-corrected chi connectivity index (χ0v) is 8.61. The number of nitrogens with two attached hydrogens (primary N) is 1. The Balaban J connectivity index is 2.13. The quantitative estimate of drug-likeness (QED) is 0.601. The van der Waals surface area contributed by atoms with E-state index in [0.29, 0.717) is 6.04 Å². The van der Waals surface area contributed by atoms with Crippen LogP contribution in [0, 0.1) is 5.92 Å². The molecule has 3 atom stereocenters. The number of piperidine rings is 1. The van der Waals surface area contributed by atoms with Crippen LogP contribution in [0.25, 0.3) is 0 Å². The van der Waals surface area contributed by atoms with E-state index >= 15 is 0 Å². The molecule has 3 unspecified atom stereocenters. The lowest BCUT2D eigenvalue weighted by atomic mass is 9.85. The molecule has 80 valence electrons. The molecule has 0 aromatic rings. The number of carbonyl (C=O) groups is 1. The fraction of sp³-hybridized carbons (Fsp3) is 0.900. The minimum Gasteiger partial charge on any atom is -0.469 e. The Hall–Kier alpha value is -0.610. The zero-order valence-electron chi connectivity index (χ0n) is 8.61. The van der Waals surface area contributed by atoms with Gasteiger partial charge in [0.1, 0.15) is 0 Å². The van der Waals surface area contributed by atoms with Crippen molar-refractivity contribution < 1.29 is 9.53 Å². The maximum atomic E-state index is 11.6. The van der Waals surface area contributed by atoms with Crippen LogP contribution in [-0.2, 0) is 9.53 Å². The highest BCUT2D eigenvalue weighted by molar-refractivity contribution is 5.74. The Morgan fingerprint density at radius 3 is 2.93 bits per heavy atom. The predicted octanol–water partition coefficient (Wildman–Crippen LogP) is -0.0290. The van der Waals surface area contributed by atoms with E-state index in [4.69, 9.17) is 10.5 Å². The normalized spacial score (nSPS) is 38.0. The average molecular weight is 198 g/mol. The van der Waals surface area contributed by atoms with Crippen molar-refractivity contribution in [2.45, 2.75) is 31.3 Å². The number of rotatable bonds is 1. The van der Waals surface area contributed by atoms with Gasteiger partial charge in [0.25, 0.3) is 0 Å². The maximum absolute atomic E-state index is 11.6. The van der Waals surface area contributed by atoms with Gasteiger partial charge in [-0.2, -0.15) is 0 Å². The summed E-state index contributed by atoms with van der Waals surface area (Å²) in [6, 6.07) is 0.327. The molecule has 0 aromatic carbocycles. The molecule has 2 heterocycles. The first-order valence-corrected chi connectivity index (χ1v) is 5.31. The highest BCUT2D eigenvalue weighted by atomic mass is 16.5. The van der Waals surface area contributed by atoms with Crippen LogP contribution in [0.4, 0.5) is 0 Å². The molecule has 2 aliphatic rings. The monoisotopic (exact) mass is 198 g/mol. The summed E-state index contributed by atoms with van der Waals surface area (Å²) in [5, 5.41) is 0. The Morgan fingerprint density at radius 1 is 1.43 bits per heavy atom. The first-order valence-electron chi connectivity index (χ1n) is 5.31. The minimum atomic E-state index is -0.130. The molecule has 0 saturated carbocycles. The Morgan fingerprint density at radius 2 is 2.21 bits per heavy atom. The molecule has 0 aromatic heterocycles. The van der Waals surface area contributed by atoms with Crippen molar-refractivity contribution in [3.63, 3.8) is 0 Å². The van der Waals surface area contributed by atoms with E-state index in [2.05, 4.69) is 4.90 Å². The van der Waals surface area contributed by atoms with Gasteiger partial charge in [-0.1, -0.05) is 0 Å². The molecule has 14 heavy (non-hydrogen) atoms. The lowest BCUT2D eigenvalue weighted by molar-refractivity contribution is -0.149. The van der Waals surface area contributed by atoms with E-state index in [1.807, 2.05) is 0 Å². The highest BCUT2D eigenvalue weighted by Gasteiger charge is 2.43. The lowest BCUT2D eigenvalue weighted by Gasteiger charge is -2.38. The van der Waals surface area contributed by atoms with Gasteiger partial charge >= 0.3 is 5.97 Å². The molecule has 0 amide bonds. The standard InChI is InChI=1S/C10H18N2O2/c1-14-10(13)9-7(11)4-6-12-5-2-3-8(9)12/h7-9H,2-6,11H2,1H3. The SMILES string of the molecule is COC(=O)C1C(N)CCN2CCCC12. The second-order valence-electron chi connectivity index (χ2n) is 4.25. The fourth-order valence-electron chi connectivity index (χ4n) is 2.78. The first-order chi connectivity index (χ1) is 6.74. The van der Waals surface area contributed by atoms with Crippen LogP contribution in [0.15, 0.2) is 0 Å². The van der Waals surface area contributed by atoms with E-state index < -0.39 is 0 Å². The van der Waals surface area contributed by atoms with Crippen molar-refractivity contribution in [2.75, 3.05) is 20.2 Å². The molecule has 0 bridgehead atoms. The van der Waals surface area contributed by atoms with Crippen LogP contribution < -0.4 is 5.73 Å². The molecular weight excluding hydrogens is 180 g/mol. The van der Waals surface area contributed by atoms with Crippen LogP contribution in [0.5, 0.6) is 0 Å². The van der Waals surface area contributed by atoms with Gasteiger partial charge < -0.3 is 10.5 Å². The molecule has 4 heteroatoms. The fourth-order valence-corrected chi connectivity index (χ4v) is 2.78. The Kier molecular flexibility index (Phi) is 2.74. The zero-order chi connectivity index (χ0) is 10.1. The van der Waals surface area contributed by atoms with Crippen molar-refractivity contribution in [1.29, 1.82) is 0 Å². The third kappa shape index (κ3) is 1.53. The third-order valence-electron chi connectivity index (χ3n) is 3.51. The second kappa shape index (κ2) is 3.87. The van der Waals surface area contributed by atoms with E-state index in [9.17, 15) is 4.79 Å². The number of methoxy groups -OCH3 is 1. The molecule has 0 spiro atoms. The number of carbonyl (C=O) groups excluding carboxylic acids is 1. The highest BCUT2D eigenvalue weighted by Crippen LogP contribution is 2.31. The summed E-state index contributed by atoms with van der Waals surface area (Å²) < 4.78 is 4.82. The summed E-state index contributed by atoms with van der Waals surface area (Å²) in [5.41, 5.74) is 5.98. The van der Waals surface area contributed by atoms with Gasteiger partial charge in [0.15, 0.2) is 0 Å². The van der Waals surface area contributed by atoms with Crippen LogP contribution in [-0.4, -0.2) is 43.2 Å². The molecule has 2 aliphatic heterocycles. The number of esters is 1. The molecular formula is C10H18N2O2. The van der Waals surface area contributed by atoms with Crippen LogP contribution in [0.2, 0.25) is 0 Å². The number of nitrogens with zero attached hydrogens (tertiary/aromatic N) is 1. The number of fused-ring (bicyclic) bond motifs is 1. The second-order valence-corrected chi connectivity index (χ2v) is 4.25. The van der Waals surface area contributed by atoms with E-state index in [1.165, 1.54) is 13.5 Å². The Bertz CT molecular complexity index is 232. The van der Waals surface area contributed by atoms with Gasteiger partial charge in [-0.3, -0.25) is 9.69 Å². The molecule has 2 fully saturated rings. The first kappa shape index (κ1) is 9.93. The van der Waals surface area contributed by atoms with Crippen molar-refractivity contribution in [2.24, 2.45) is 11.7 Å². The maximum Gasteiger partial charge on any atom is 0.311 e. The third-order valence-corrected chi connectivity index (χ3v) is 3.51. The van der Waals surface area contributed by atoms with E-state index in [0.717, 1.165) is 25.9 Å². The van der Waals surface area contributed by atoms with Crippen molar-refractivity contribution in [1.82, 2.24) is 4.90 Å². The number of hydrogen-bond acceptors (Lipinski definition) is 4. The largest absolute Gasteiger partial charge is 0.469 e. The van der Waals surface area contributed by atoms with Gasteiger partial charge in [-0.15, -0.1) is 0 Å². The summed E-state index contributed by atoms with van der Waals surface area (Å²) in [5.74, 6) is -0.231. The minimum absolute atomic E-state index is 0.0122. The van der Waals surface area contributed by atoms with Gasteiger partial charge in [0, 0.05) is 12.1 Å². The molecule has 4 nitrogen and oxygen atoms in total.